The van der Waals surface area contributed by atoms with Crippen LogP contribution in [-0.2, 0) is 18.0 Å². The molecule has 0 aliphatic carbocycles. The molecule has 0 spiro atoms. The second-order valence-corrected chi connectivity index (χ2v) is 5.28. The van der Waals surface area contributed by atoms with Gasteiger partial charge in [0.05, 0.1) is 18.4 Å². The molecule has 4 rings (SSSR count). The van der Waals surface area contributed by atoms with Gasteiger partial charge in [-0.2, -0.15) is 0 Å². The molecule has 0 atom stereocenters. The number of fused-ring (bicyclic) bond motifs is 1. The van der Waals surface area contributed by atoms with Crippen LogP contribution in [0.15, 0.2) is 53.4 Å². The summed E-state index contributed by atoms with van der Waals surface area (Å²) in [5.74, 6) is 1.66. The molecule has 3 aromatic heterocycles. The first-order chi connectivity index (χ1) is 11.8. The summed E-state index contributed by atoms with van der Waals surface area (Å²) in [5.41, 5.74) is 8.89. The molecule has 1 aromatic carbocycles. The maximum Gasteiger partial charge on any atom is 0.163 e. The number of rotatable bonds is 5. The number of anilines is 1. The molecule has 3 heterocycles. The van der Waals surface area contributed by atoms with Gasteiger partial charge in [-0.3, -0.25) is 0 Å². The lowest BCUT2D eigenvalue weighted by Crippen LogP contribution is -1.95. The predicted octanol–water partition coefficient (Wildman–Crippen LogP) is 2.91. The van der Waals surface area contributed by atoms with E-state index in [-0.39, 0.29) is 0 Å². The first kappa shape index (κ1) is 14.4. The molecule has 0 saturated carbocycles. The SMILES string of the molecule is Nc1ncnc2[nH]c(-c3ccoc3COCc3ccccc3)nc12. The predicted molar refractivity (Wildman–Crippen MR) is 88.7 cm³/mol. The summed E-state index contributed by atoms with van der Waals surface area (Å²) in [6.07, 6.45) is 3.01. The minimum atomic E-state index is 0.341. The Hall–Kier alpha value is -3.19. The Balaban J connectivity index is 1.54. The first-order valence-corrected chi connectivity index (χ1v) is 7.46. The van der Waals surface area contributed by atoms with E-state index in [4.69, 9.17) is 14.9 Å². The van der Waals surface area contributed by atoms with E-state index in [1.165, 1.54) is 6.33 Å². The van der Waals surface area contributed by atoms with E-state index in [0.717, 1.165) is 11.1 Å². The molecular weight excluding hydrogens is 306 g/mol. The van der Waals surface area contributed by atoms with E-state index in [2.05, 4.69) is 19.9 Å². The van der Waals surface area contributed by atoms with Gasteiger partial charge in [0.2, 0.25) is 0 Å². The Labute approximate surface area is 137 Å². The van der Waals surface area contributed by atoms with E-state index in [1.807, 2.05) is 36.4 Å². The molecule has 120 valence electrons. The number of benzene rings is 1. The molecule has 7 nitrogen and oxygen atoms in total. The van der Waals surface area contributed by atoms with Crippen molar-refractivity contribution in [2.75, 3.05) is 5.73 Å². The highest BCUT2D eigenvalue weighted by Crippen LogP contribution is 2.26. The maximum absolute atomic E-state index is 5.82. The lowest BCUT2D eigenvalue weighted by molar-refractivity contribution is 0.0933. The molecule has 0 aliphatic heterocycles. The van der Waals surface area contributed by atoms with Gasteiger partial charge in [0.15, 0.2) is 17.0 Å². The van der Waals surface area contributed by atoms with Crippen molar-refractivity contribution in [2.45, 2.75) is 13.2 Å². The summed E-state index contributed by atoms with van der Waals surface area (Å²) in [4.78, 5) is 15.7. The second-order valence-electron chi connectivity index (χ2n) is 5.28. The Morgan fingerprint density at radius 1 is 1.08 bits per heavy atom. The highest BCUT2D eigenvalue weighted by Gasteiger charge is 2.15. The monoisotopic (exact) mass is 321 g/mol. The van der Waals surface area contributed by atoms with Crippen LogP contribution < -0.4 is 5.73 Å². The van der Waals surface area contributed by atoms with Crippen molar-refractivity contribution in [3.63, 3.8) is 0 Å². The van der Waals surface area contributed by atoms with Crippen molar-refractivity contribution < 1.29 is 9.15 Å². The van der Waals surface area contributed by atoms with Crippen LogP contribution in [0.3, 0.4) is 0 Å². The van der Waals surface area contributed by atoms with Crippen LogP contribution >= 0.6 is 0 Å². The number of nitrogens with one attached hydrogen (secondary N) is 1. The van der Waals surface area contributed by atoms with Gasteiger partial charge < -0.3 is 19.9 Å². The molecule has 0 bridgehead atoms. The first-order valence-electron chi connectivity index (χ1n) is 7.46. The molecule has 0 amide bonds. The van der Waals surface area contributed by atoms with E-state index < -0.39 is 0 Å². The zero-order valence-electron chi connectivity index (χ0n) is 12.8. The number of nitrogens with two attached hydrogens (primary N) is 1. The topological polar surface area (TPSA) is 103 Å². The molecule has 0 saturated heterocycles. The highest BCUT2D eigenvalue weighted by atomic mass is 16.5. The third kappa shape index (κ3) is 2.72. The average Bonchev–Trinajstić information content (AvgIpc) is 3.23. The third-order valence-corrected chi connectivity index (χ3v) is 3.66. The zero-order valence-corrected chi connectivity index (χ0v) is 12.8. The number of aromatic amines is 1. The van der Waals surface area contributed by atoms with Gasteiger partial charge in [0, 0.05) is 0 Å². The number of imidazole rings is 1. The van der Waals surface area contributed by atoms with Crippen molar-refractivity contribution in [3.8, 4) is 11.4 Å². The van der Waals surface area contributed by atoms with Crippen LogP contribution in [0.2, 0.25) is 0 Å². The van der Waals surface area contributed by atoms with Gasteiger partial charge in [-0.15, -0.1) is 0 Å². The summed E-state index contributed by atoms with van der Waals surface area (Å²) in [7, 11) is 0. The number of hydrogen-bond donors (Lipinski definition) is 2. The lowest BCUT2D eigenvalue weighted by Gasteiger charge is -2.03. The molecule has 3 N–H and O–H groups in total. The minimum Gasteiger partial charge on any atom is -0.466 e. The molecule has 24 heavy (non-hydrogen) atoms. The molecule has 0 aliphatic rings. The van der Waals surface area contributed by atoms with Crippen LogP contribution in [0.25, 0.3) is 22.6 Å². The maximum atomic E-state index is 5.82. The number of H-pyrrole nitrogens is 1. The Bertz CT molecular complexity index is 961. The van der Waals surface area contributed by atoms with Crippen LogP contribution in [0.4, 0.5) is 5.82 Å². The quantitative estimate of drug-likeness (QED) is 0.586. The minimum absolute atomic E-state index is 0.341. The summed E-state index contributed by atoms with van der Waals surface area (Å²) in [6.45, 7) is 0.856. The summed E-state index contributed by atoms with van der Waals surface area (Å²) >= 11 is 0. The Morgan fingerprint density at radius 2 is 1.96 bits per heavy atom. The number of ether oxygens (including phenoxy) is 1. The number of hydrogen-bond acceptors (Lipinski definition) is 6. The van der Waals surface area contributed by atoms with Gasteiger partial charge in [-0.05, 0) is 11.6 Å². The van der Waals surface area contributed by atoms with Gasteiger partial charge >= 0.3 is 0 Å². The smallest absolute Gasteiger partial charge is 0.163 e. The van der Waals surface area contributed by atoms with Crippen molar-refractivity contribution in [1.82, 2.24) is 19.9 Å². The molecule has 4 aromatic rings. The standard InChI is InChI=1S/C17H15N5O2/c18-15-14-17(20-10-19-15)22-16(21-14)12-6-7-24-13(12)9-23-8-11-4-2-1-3-5-11/h1-7,10H,8-9H2,(H3,18,19,20,21,22). The largest absolute Gasteiger partial charge is 0.466 e. The number of aromatic nitrogens is 4. The van der Waals surface area contributed by atoms with Crippen LogP contribution in [0.5, 0.6) is 0 Å². The number of nitrogen functional groups attached to an aromatic ring is 1. The van der Waals surface area contributed by atoms with Crippen LogP contribution in [0, 0.1) is 0 Å². The third-order valence-electron chi connectivity index (χ3n) is 3.66. The average molecular weight is 321 g/mol. The summed E-state index contributed by atoms with van der Waals surface area (Å²) in [6, 6.07) is 11.8. The van der Waals surface area contributed by atoms with Crippen molar-refractivity contribution in [1.29, 1.82) is 0 Å². The fourth-order valence-corrected chi connectivity index (χ4v) is 2.47. The molecule has 0 unspecified atom stereocenters. The van der Waals surface area contributed by atoms with E-state index >= 15 is 0 Å². The highest BCUT2D eigenvalue weighted by molar-refractivity contribution is 5.84. The fraction of sp³-hybridized carbons (Fsp3) is 0.118. The van der Waals surface area contributed by atoms with E-state index in [1.54, 1.807) is 6.26 Å². The van der Waals surface area contributed by atoms with Gasteiger partial charge in [0.25, 0.3) is 0 Å². The van der Waals surface area contributed by atoms with E-state index in [9.17, 15) is 0 Å². The van der Waals surface area contributed by atoms with E-state index in [0.29, 0.717) is 41.8 Å². The molecular formula is C17H15N5O2. The summed E-state index contributed by atoms with van der Waals surface area (Å²) < 4.78 is 11.3. The Morgan fingerprint density at radius 3 is 2.79 bits per heavy atom. The van der Waals surface area contributed by atoms with Crippen LogP contribution in [-0.4, -0.2) is 19.9 Å². The van der Waals surface area contributed by atoms with Gasteiger partial charge in [0.1, 0.15) is 24.5 Å². The van der Waals surface area contributed by atoms with Gasteiger partial charge in [-0.25, -0.2) is 15.0 Å². The number of nitrogens with zero attached hydrogens (tertiary/aromatic N) is 3. The summed E-state index contributed by atoms with van der Waals surface area (Å²) in [5, 5.41) is 0. The molecule has 0 radical (unpaired) electrons. The number of furan rings is 1. The van der Waals surface area contributed by atoms with Crippen molar-refractivity contribution >= 4 is 17.0 Å². The Kier molecular flexibility index (Phi) is 3.68. The van der Waals surface area contributed by atoms with Crippen molar-refractivity contribution in [2.24, 2.45) is 0 Å². The molecule has 0 fully saturated rings. The zero-order chi connectivity index (χ0) is 16.4. The second kappa shape index (κ2) is 6.13. The fourth-order valence-electron chi connectivity index (χ4n) is 2.47. The molecule has 7 heteroatoms. The van der Waals surface area contributed by atoms with Crippen molar-refractivity contribution in [3.05, 3.63) is 60.3 Å². The lowest BCUT2D eigenvalue weighted by atomic mass is 10.2. The normalized spacial score (nSPS) is 11.2. The van der Waals surface area contributed by atoms with Gasteiger partial charge in [-0.1, -0.05) is 30.3 Å². The van der Waals surface area contributed by atoms with Crippen LogP contribution in [0.1, 0.15) is 11.3 Å².